The number of rotatable bonds is 5. The molecule has 1 aliphatic heterocycles. The largest absolute Gasteiger partial charge is 0.492 e. The summed E-state index contributed by atoms with van der Waals surface area (Å²) in [4.78, 5) is 35.1. The molecule has 0 saturated carbocycles. The van der Waals surface area contributed by atoms with Gasteiger partial charge in [0.15, 0.2) is 6.61 Å². The van der Waals surface area contributed by atoms with E-state index in [4.69, 9.17) is 21.1 Å². The molecule has 0 bridgehead atoms. The number of benzene rings is 2. The molecule has 1 amide bonds. The molecule has 2 aromatic carbocycles. The van der Waals surface area contributed by atoms with Crippen LogP contribution < -0.4 is 10.1 Å². The van der Waals surface area contributed by atoms with Crippen LogP contribution in [-0.2, 0) is 20.7 Å². The summed E-state index contributed by atoms with van der Waals surface area (Å²) in [6, 6.07) is 8.07. The van der Waals surface area contributed by atoms with Crippen molar-refractivity contribution in [1.82, 2.24) is 0 Å². The highest BCUT2D eigenvalue weighted by Gasteiger charge is 2.28. The fraction of sp³-hybridized carbons (Fsp3) is 0.300. The molecule has 29 heavy (non-hydrogen) atoms. The number of esters is 1. The fourth-order valence-electron chi connectivity index (χ4n) is 3.01. The van der Waals surface area contributed by atoms with Crippen LogP contribution in [0.1, 0.15) is 16.7 Å². The zero-order valence-corrected chi connectivity index (χ0v) is 16.6. The molecule has 0 radical (unpaired) electrons. The number of amides is 1. The topological polar surface area (TPSA) is 108 Å². The SMILES string of the molecule is Cc1cc(NC(=O)COC(=O)[C@@H]2COc3ccc(Cl)cc3C2)c([N+](=O)[O-])cc1C. The summed E-state index contributed by atoms with van der Waals surface area (Å²) >= 11 is 5.97. The molecule has 0 fully saturated rings. The van der Waals surface area contributed by atoms with Gasteiger partial charge in [0, 0.05) is 11.1 Å². The van der Waals surface area contributed by atoms with Crippen molar-refractivity contribution < 1.29 is 24.0 Å². The van der Waals surface area contributed by atoms with Crippen LogP contribution in [0.4, 0.5) is 11.4 Å². The number of nitro groups is 1. The van der Waals surface area contributed by atoms with Gasteiger partial charge in [0.05, 0.1) is 10.8 Å². The zero-order valence-electron chi connectivity index (χ0n) is 15.9. The molecule has 8 nitrogen and oxygen atoms in total. The van der Waals surface area contributed by atoms with E-state index in [1.165, 1.54) is 12.1 Å². The average Bonchev–Trinajstić information content (AvgIpc) is 2.67. The summed E-state index contributed by atoms with van der Waals surface area (Å²) in [5.74, 6) is -1.15. The van der Waals surface area contributed by atoms with Crippen molar-refractivity contribution in [3.63, 3.8) is 0 Å². The van der Waals surface area contributed by atoms with Gasteiger partial charge in [0.2, 0.25) is 0 Å². The summed E-state index contributed by atoms with van der Waals surface area (Å²) in [7, 11) is 0. The Morgan fingerprint density at radius 3 is 2.72 bits per heavy atom. The molecule has 1 heterocycles. The van der Waals surface area contributed by atoms with Crippen LogP contribution in [0.2, 0.25) is 5.02 Å². The van der Waals surface area contributed by atoms with E-state index in [9.17, 15) is 19.7 Å². The number of carbonyl (C=O) groups excluding carboxylic acids is 2. The van der Waals surface area contributed by atoms with E-state index in [1.807, 2.05) is 0 Å². The van der Waals surface area contributed by atoms with Gasteiger partial charge < -0.3 is 14.8 Å². The minimum Gasteiger partial charge on any atom is -0.492 e. The minimum atomic E-state index is -0.662. The van der Waals surface area contributed by atoms with Crippen molar-refractivity contribution >= 4 is 34.9 Å². The van der Waals surface area contributed by atoms with Gasteiger partial charge >= 0.3 is 5.97 Å². The summed E-state index contributed by atoms with van der Waals surface area (Å²) in [6.45, 7) is 3.11. The summed E-state index contributed by atoms with van der Waals surface area (Å²) in [5, 5.41) is 14.2. The number of nitrogens with zero attached hydrogens (tertiary/aromatic N) is 1. The predicted molar refractivity (Wildman–Crippen MR) is 106 cm³/mol. The van der Waals surface area contributed by atoms with Crippen molar-refractivity contribution in [2.24, 2.45) is 5.92 Å². The normalized spacial score (nSPS) is 15.1. The Morgan fingerprint density at radius 1 is 1.28 bits per heavy atom. The highest BCUT2D eigenvalue weighted by molar-refractivity contribution is 6.30. The van der Waals surface area contributed by atoms with Crippen molar-refractivity contribution in [2.45, 2.75) is 20.3 Å². The van der Waals surface area contributed by atoms with E-state index < -0.39 is 29.3 Å². The minimum absolute atomic E-state index is 0.0590. The van der Waals surface area contributed by atoms with Gasteiger partial charge in [-0.05, 0) is 61.2 Å². The molecule has 2 aromatic rings. The number of ether oxygens (including phenoxy) is 2. The maximum atomic E-state index is 12.3. The molecular weight excluding hydrogens is 400 g/mol. The number of nitrogens with one attached hydrogen (secondary N) is 1. The molecule has 1 aliphatic rings. The molecule has 0 saturated heterocycles. The molecule has 0 unspecified atom stereocenters. The van der Waals surface area contributed by atoms with Crippen molar-refractivity contribution in [2.75, 3.05) is 18.5 Å². The lowest BCUT2D eigenvalue weighted by molar-refractivity contribution is -0.384. The Balaban J connectivity index is 1.59. The van der Waals surface area contributed by atoms with E-state index in [1.54, 1.807) is 32.0 Å². The van der Waals surface area contributed by atoms with E-state index in [-0.39, 0.29) is 18.0 Å². The third-order valence-corrected chi connectivity index (χ3v) is 4.93. The second-order valence-corrected chi connectivity index (χ2v) is 7.27. The Morgan fingerprint density at radius 2 is 2.00 bits per heavy atom. The average molecular weight is 419 g/mol. The number of hydrogen-bond acceptors (Lipinski definition) is 6. The van der Waals surface area contributed by atoms with E-state index in [0.717, 1.165) is 16.7 Å². The second-order valence-electron chi connectivity index (χ2n) is 6.83. The second kappa shape index (κ2) is 8.48. The number of hydrogen-bond donors (Lipinski definition) is 1. The molecular formula is C20H19ClN2O6. The van der Waals surface area contributed by atoms with Crippen molar-refractivity contribution in [3.05, 3.63) is 62.2 Å². The predicted octanol–water partition coefficient (Wildman–Crippen LogP) is 3.60. The van der Waals surface area contributed by atoms with E-state index in [2.05, 4.69) is 5.32 Å². The smallest absolute Gasteiger partial charge is 0.313 e. The molecule has 9 heteroatoms. The maximum absolute atomic E-state index is 12.3. The lowest BCUT2D eigenvalue weighted by atomic mass is 9.97. The monoisotopic (exact) mass is 418 g/mol. The first-order chi connectivity index (χ1) is 13.7. The number of nitro benzene ring substituents is 1. The third-order valence-electron chi connectivity index (χ3n) is 4.69. The summed E-state index contributed by atoms with van der Waals surface area (Å²) in [5.41, 5.74) is 2.16. The summed E-state index contributed by atoms with van der Waals surface area (Å²) < 4.78 is 10.6. The van der Waals surface area contributed by atoms with Crippen LogP contribution in [0, 0.1) is 29.9 Å². The lowest BCUT2D eigenvalue weighted by Crippen LogP contribution is -2.32. The lowest BCUT2D eigenvalue weighted by Gasteiger charge is -2.24. The molecule has 1 N–H and O–H groups in total. The van der Waals surface area contributed by atoms with Gasteiger partial charge in [-0.1, -0.05) is 11.6 Å². The molecule has 3 rings (SSSR count). The quantitative estimate of drug-likeness (QED) is 0.451. The fourth-order valence-corrected chi connectivity index (χ4v) is 3.20. The Labute approximate surface area is 171 Å². The Bertz CT molecular complexity index is 991. The van der Waals surface area contributed by atoms with Gasteiger partial charge in [0.1, 0.15) is 18.0 Å². The van der Waals surface area contributed by atoms with Crippen molar-refractivity contribution in [1.29, 1.82) is 0 Å². The van der Waals surface area contributed by atoms with Crippen LogP contribution in [0.3, 0.4) is 0 Å². The van der Waals surface area contributed by atoms with E-state index >= 15 is 0 Å². The molecule has 0 aromatic heterocycles. The van der Waals surface area contributed by atoms with Gasteiger partial charge in [-0.3, -0.25) is 19.7 Å². The Hall–Kier alpha value is -3.13. The number of halogens is 1. The number of aryl methyl sites for hydroxylation is 2. The van der Waals surface area contributed by atoms with Crippen LogP contribution >= 0.6 is 11.6 Å². The first-order valence-corrected chi connectivity index (χ1v) is 9.25. The first kappa shape index (κ1) is 20.6. The maximum Gasteiger partial charge on any atom is 0.313 e. The van der Waals surface area contributed by atoms with Gasteiger partial charge in [-0.2, -0.15) is 0 Å². The number of fused-ring (bicyclic) bond motifs is 1. The third kappa shape index (κ3) is 4.83. The molecule has 1 atom stereocenters. The van der Waals surface area contributed by atoms with Crippen LogP contribution in [0.25, 0.3) is 0 Å². The first-order valence-electron chi connectivity index (χ1n) is 8.88. The zero-order chi connectivity index (χ0) is 21.1. The molecule has 0 aliphatic carbocycles. The van der Waals surface area contributed by atoms with Crippen LogP contribution in [-0.4, -0.2) is 30.0 Å². The number of carbonyl (C=O) groups is 2. The van der Waals surface area contributed by atoms with Gasteiger partial charge in [-0.25, -0.2) is 0 Å². The van der Waals surface area contributed by atoms with Crippen molar-refractivity contribution in [3.8, 4) is 5.75 Å². The Kier molecular flexibility index (Phi) is 6.03. The summed E-state index contributed by atoms with van der Waals surface area (Å²) in [6.07, 6.45) is 0.388. The van der Waals surface area contributed by atoms with Crippen LogP contribution in [0.5, 0.6) is 5.75 Å². The van der Waals surface area contributed by atoms with E-state index in [0.29, 0.717) is 17.2 Å². The van der Waals surface area contributed by atoms with Crippen LogP contribution in [0.15, 0.2) is 30.3 Å². The highest BCUT2D eigenvalue weighted by atomic mass is 35.5. The van der Waals surface area contributed by atoms with Gasteiger partial charge in [0.25, 0.3) is 11.6 Å². The van der Waals surface area contributed by atoms with Gasteiger partial charge in [-0.15, -0.1) is 0 Å². The number of anilines is 1. The molecule has 152 valence electrons. The standard InChI is InChI=1S/C20H19ClN2O6/c1-11-5-16(17(23(26)27)6-12(11)2)22-19(24)10-29-20(25)14-7-13-8-15(21)3-4-18(13)28-9-14/h3-6,8,14H,7,9-10H2,1-2H3,(H,22,24)/t14-/m0/s1. The molecule has 0 spiro atoms. The highest BCUT2D eigenvalue weighted by Crippen LogP contribution is 2.30.